The van der Waals surface area contributed by atoms with Crippen molar-refractivity contribution in [2.24, 2.45) is 15.6 Å². The highest BCUT2D eigenvalue weighted by atomic mass is 16.5. The van der Waals surface area contributed by atoms with Crippen molar-refractivity contribution in [1.82, 2.24) is 15.4 Å². The number of nitrogens with zero attached hydrogens (tertiary/aromatic N) is 4. The predicted molar refractivity (Wildman–Crippen MR) is 155 cm³/mol. The lowest BCUT2D eigenvalue weighted by atomic mass is 9.82. The number of amides is 2. The maximum Gasteiger partial charge on any atom is 0.254 e. The Labute approximate surface area is 234 Å². The molecule has 1 aromatic heterocycles. The third kappa shape index (κ3) is 5.41. The first-order chi connectivity index (χ1) is 19.3. The molecule has 0 unspecified atom stereocenters. The van der Waals surface area contributed by atoms with Crippen molar-refractivity contribution < 1.29 is 19.1 Å². The van der Waals surface area contributed by atoms with Gasteiger partial charge in [-0.2, -0.15) is 10.2 Å². The molecular formula is C31H35N5O4. The summed E-state index contributed by atoms with van der Waals surface area (Å²) in [4.78, 5) is 29.4. The molecule has 0 fully saturated rings. The highest BCUT2D eigenvalue weighted by Crippen LogP contribution is 2.37. The molecule has 3 heterocycles. The summed E-state index contributed by atoms with van der Waals surface area (Å²) in [7, 11) is 1.64. The van der Waals surface area contributed by atoms with Crippen LogP contribution in [0.1, 0.15) is 63.3 Å². The van der Waals surface area contributed by atoms with Crippen molar-refractivity contribution in [2.45, 2.75) is 52.9 Å². The molecule has 3 aromatic rings. The average Bonchev–Trinajstić information content (AvgIpc) is 3.20. The Morgan fingerprint density at radius 1 is 1.00 bits per heavy atom. The minimum atomic E-state index is -0.755. The summed E-state index contributed by atoms with van der Waals surface area (Å²) in [5.74, 6) is 1.42. The van der Waals surface area contributed by atoms with Gasteiger partial charge in [-0.05, 0) is 81.1 Å². The molecule has 0 radical (unpaired) electrons. The molecule has 1 N–H and O–H groups in total. The van der Waals surface area contributed by atoms with E-state index in [0.29, 0.717) is 31.7 Å². The third-order valence-corrected chi connectivity index (χ3v) is 7.42. The topological polar surface area (TPSA) is 105 Å². The largest absolute Gasteiger partial charge is 0.494 e. The van der Waals surface area contributed by atoms with Gasteiger partial charge in [0.15, 0.2) is 0 Å². The number of hydrogen-bond donors (Lipinski definition) is 1. The zero-order chi connectivity index (χ0) is 28.3. The molecule has 0 saturated carbocycles. The molecule has 2 aliphatic rings. The van der Waals surface area contributed by atoms with Gasteiger partial charge < -0.3 is 9.47 Å². The van der Waals surface area contributed by atoms with Gasteiger partial charge in [-0.25, -0.2) is 15.4 Å². The molecule has 0 bridgehead atoms. The number of pyridine rings is 1. The highest BCUT2D eigenvalue weighted by molar-refractivity contribution is 6.23. The molecule has 2 aliphatic heterocycles. The van der Waals surface area contributed by atoms with Gasteiger partial charge in [0.2, 0.25) is 5.91 Å². The first-order valence-corrected chi connectivity index (χ1v) is 13.8. The molecule has 0 atom stereocenters. The van der Waals surface area contributed by atoms with E-state index < -0.39 is 5.41 Å². The van der Waals surface area contributed by atoms with Crippen LogP contribution < -0.4 is 14.9 Å². The summed E-state index contributed by atoms with van der Waals surface area (Å²) in [6.07, 6.45) is 3.46. The van der Waals surface area contributed by atoms with Crippen LogP contribution in [0.5, 0.6) is 11.5 Å². The van der Waals surface area contributed by atoms with E-state index in [0.717, 1.165) is 64.2 Å². The minimum absolute atomic E-state index is 0.0112. The van der Waals surface area contributed by atoms with Gasteiger partial charge in [0.1, 0.15) is 17.0 Å². The number of carbonyl (C=O) groups excluding carboxylic acids is 2. The smallest absolute Gasteiger partial charge is 0.254 e. The summed E-state index contributed by atoms with van der Waals surface area (Å²) in [6.45, 7) is 6.98. The van der Waals surface area contributed by atoms with Crippen LogP contribution in [0, 0.1) is 5.41 Å². The second kappa shape index (κ2) is 11.5. The van der Waals surface area contributed by atoms with Crippen LogP contribution in [0.3, 0.4) is 0 Å². The Hall–Kier alpha value is -4.27. The van der Waals surface area contributed by atoms with Crippen molar-refractivity contribution in [2.75, 3.05) is 20.3 Å². The van der Waals surface area contributed by atoms with Gasteiger partial charge in [-0.1, -0.05) is 13.0 Å². The fourth-order valence-electron chi connectivity index (χ4n) is 5.04. The molecule has 9 nitrogen and oxygen atoms in total. The third-order valence-electron chi connectivity index (χ3n) is 7.42. The molecule has 2 aromatic carbocycles. The standard InChI is InChI=1S/C31H35N5O4/c1-5-21-10-13-23-24(14-16-26(39-4)28(23)32-21)29-31(2,3)30(38)36(35-29)18-6-7-19-40-22-11-8-20(9-12-22)25-15-17-27(37)34-33-25/h8-14,16H,5-7,15,17-19H2,1-4H3,(H,34,37). The molecule has 9 heteroatoms. The number of rotatable bonds is 10. The molecule has 40 heavy (non-hydrogen) atoms. The lowest BCUT2D eigenvalue weighted by Crippen LogP contribution is -2.35. The summed E-state index contributed by atoms with van der Waals surface area (Å²) in [6, 6.07) is 15.7. The van der Waals surface area contributed by atoms with Crippen molar-refractivity contribution in [1.29, 1.82) is 0 Å². The van der Waals surface area contributed by atoms with Gasteiger partial charge in [0.05, 0.1) is 30.6 Å². The van der Waals surface area contributed by atoms with Gasteiger partial charge in [0.25, 0.3) is 5.91 Å². The Kier molecular flexibility index (Phi) is 7.82. The Balaban J connectivity index is 1.21. The van der Waals surface area contributed by atoms with E-state index in [4.69, 9.17) is 19.6 Å². The zero-order valence-electron chi connectivity index (χ0n) is 23.5. The first-order valence-electron chi connectivity index (χ1n) is 13.8. The van der Waals surface area contributed by atoms with Gasteiger partial charge in [-0.15, -0.1) is 0 Å². The Morgan fingerprint density at radius 3 is 2.50 bits per heavy atom. The number of hydrogen-bond acceptors (Lipinski definition) is 7. The van der Waals surface area contributed by atoms with E-state index in [-0.39, 0.29) is 11.8 Å². The van der Waals surface area contributed by atoms with Gasteiger partial charge in [0, 0.05) is 36.0 Å². The summed E-state index contributed by atoms with van der Waals surface area (Å²) in [5, 5.41) is 11.5. The number of ether oxygens (including phenoxy) is 2. The first kappa shape index (κ1) is 27.3. The maximum atomic E-state index is 13.3. The Morgan fingerprint density at radius 2 is 1.80 bits per heavy atom. The highest BCUT2D eigenvalue weighted by Gasteiger charge is 2.44. The zero-order valence-corrected chi connectivity index (χ0v) is 23.5. The number of aromatic nitrogens is 1. The molecule has 0 aliphatic carbocycles. The number of benzene rings is 2. The van der Waals surface area contributed by atoms with Crippen LogP contribution in [-0.4, -0.2) is 53.5 Å². The van der Waals surface area contributed by atoms with E-state index >= 15 is 0 Å². The fraction of sp³-hybridized carbons (Fsp3) is 0.387. The molecule has 5 rings (SSSR count). The van der Waals surface area contributed by atoms with E-state index in [1.165, 1.54) is 0 Å². The summed E-state index contributed by atoms with van der Waals surface area (Å²) < 4.78 is 11.5. The van der Waals surface area contributed by atoms with Gasteiger partial charge in [-0.3, -0.25) is 9.59 Å². The number of fused-ring (bicyclic) bond motifs is 1. The average molecular weight is 542 g/mol. The molecule has 208 valence electrons. The maximum absolute atomic E-state index is 13.3. The number of aryl methyl sites for hydroxylation is 1. The van der Waals surface area contributed by atoms with Crippen LogP contribution in [0.4, 0.5) is 0 Å². The van der Waals surface area contributed by atoms with Crippen LogP contribution in [0.15, 0.2) is 58.7 Å². The van der Waals surface area contributed by atoms with Gasteiger partial charge >= 0.3 is 0 Å². The van der Waals surface area contributed by atoms with Crippen molar-refractivity contribution in [3.8, 4) is 11.5 Å². The number of methoxy groups -OCH3 is 1. The van der Waals surface area contributed by atoms with Crippen molar-refractivity contribution in [3.05, 3.63) is 65.4 Å². The molecule has 2 amide bonds. The van der Waals surface area contributed by atoms with E-state index in [1.54, 1.807) is 12.1 Å². The summed E-state index contributed by atoms with van der Waals surface area (Å²) in [5.41, 5.74) is 7.03. The van der Waals surface area contributed by atoms with E-state index in [9.17, 15) is 9.59 Å². The molecule has 0 spiro atoms. The number of nitrogens with one attached hydrogen (secondary N) is 1. The van der Waals surface area contributed by atoms with Crippen LogP contribution in [0.2, 0.25) is 0 Å². The van der Waals surface area contributed by atoms with E-state index in [2.05, 4.69) is 23.5 Å². The quantitative estimate of drug-likeness (QED) is 0.370. The second-order valence-electron chi connectivity index (χ2n) is 10.5. The molecule has 0 saturated heterocycles. The number of carbonyl (C=O) groups is 2. The van der Waals surface area contributed by atoms with E-state index in [1.807, 2.05) is 56.3 Å². The normalized spacial score (nSPS) is 16.6. The number of unbranched alkanes of at least 4 members (excludes halogenated alkanes) is 1. The Bertz CT molecular complexity index is 1490. The number of hydrazone groups is 2. The SMILES string of the molecule is CCc1ccc2c(C3=NN(CCCCOc4ccc(C5=NNC(=O)CC5)cc4)C(=O)C3(C)C)ccc(OC)c2n1. The monoisotopic (exact) mass is 541 g/mol. The second-order valence-corrected chi connectivity index (χ2v) is 10.5. The van der Waals surface area contributed by atoms with Crippen molar-refractivity contribution in [3.63, 3.8) is 0 Å². The lowest BCUT2D eigenvalue weighted by molar-refractivity contribution is -0.135. The van der Waals surface area contributed by atoms with Crippen LogP contribution >= 0.6 is 0 Å². The van der Waals surface area contributed by atoms with Crippen LogP contribution in [-0.2, 0) is 16.0 Å². The fourth-order valence-corrected chi connectivity index (χ4v) is 5.04. The minimum Gasteiger partial charge on any atom is -0.494 e. The van der Waals surface area contributed by atoms with Crippen molar-refractivity contribution >= 4 is 34.1 Å². The lowest BCUT2D eigenvalue weighted by Gasteiger charge is -2.20. The molecular weight excluding hydrogens is 506 g/mol. The summed E-state index contributed by atoms with van der Waals surface area (Å²) >= 11 is 0. The predicted octanol–water partition coefficient (Wildman–Crippen LogP) is 4.85. The van der Waals surface area contributed by atoms with Crippen LogP contribution in [0.25, 0.3) is 10.9 Å².